The van der Waals surface area contributed by atoms with E-state index in [0.29, 0.717) is 16.7 Å². The third-order valence-electron chi connectivity index (χ3n) is 4.52. The number of aryl methyl sites for hydroxylation is 2. The lowest BCUT2D eigenvalue weighted by Gasteiger charge is -2.12. The maximum atomic E-state index is 12.5. The molecule has 126 valence electrons. The highest BCUT2D eigenvalue weighted by Crippen LogP contribution is 2.30. The number of aromatic nitrogens is 3. The molecule has 0 amide bonds. The van der Waals surface area contributed by atoms with Crippen molar-refractivity contribution in [1.29, 1.82) is 0 Å². The number of nitrogen functional groups attached to an aromatic ring is 1. The predicted octanol–water partition coefficient (Wildman–Crippen LogP) is 3.07. The van der Waals surface area contributed by atoms with Crippen molar-refractivity contribution in [2.45, 2.75) is 13.8 Å². The molecule has 0 saturated carbocycles. The van der Waals surface area contributed by atoms with Crippen LogP contribution in [0.25, 0.3) is 27.5 Å². The fourth-order valence-corrected chi connectivity index (χ4v) is 3.28. The number of anilines is 1. The first-order chi connectivity index (χ1) is 12.0. The van der Waals surface area contributed by atoms with Gasteiger partial charge in [-0.15, -0.1) is 0 Å². The second kappa shape index (κ2) is 5.37. The lowest BCUT2D eigenvalue weighted by molar-refractivity contribution is 0.411. The van der Waals surface area contributed by atoms with Gasteiger partial charge >= 0.3 is 0 Å². The number of methoxy groups -OCH3 is 1. The summed E-state index contributed by atoms with van der Waals surface area (Å²) < 4.78 is 7.03. The first-order valence-corrected chi connectivity index (χ1v) is 7.96. The van der Waals surface area contributed by atoms with Crippen molar-refractivity contribution >= 4 is 27.6 Å². The summed E-state index contributed by atoms with van der Waals surface area (Å²) in [5.41, 5.74) is 10.2. The van der Waals surface area contributed by atoms with Gasteiger partial charge in [-0.2, -0.15) is 5.10 Å². The number of pyridine rings is 1. The van der Waals surface area contributed by atoms with Crippen LogP contribution >= 0.6 is 0 Å². The van der Waals surface area contributed by atoms with Crippen LogP contribution in [-0.4, -0.2) is 21.9 Å². The number of H-pyrrole nitrogens is 1. The predicted molar refractivity (Wildman–Crippen MR) is 99.6 cm³/mol. The molecule has 2 aromatic heterocycles. The summed E-state index contributed by atoms with van der Waals surface area (Å²) in [6.07, 6.45) is 0. The number of nitrogens with one attached hydrogen (secondary N) is 1. The zero-order valence-corrected chi connectivity index (χ0v) is 14.3. The van der Waals surface area contributed by atoms with Gasteiger partial charge < -0.3 is 15.5 Å². The summed E-state index contributed by atoms with van der Waals surface area (Å²) in [6, 6.07) is 11.5. The maximum Gasteiger partial charge on any atom is 0.261 e. The van der Waals surface area contributed by atoms with Crippen LogP contribution in [0.1, 0.15) is 11.1 Å². The molecule has 3 N–H and O–H groups in total. The molecule has 4 rings (SSSR count). The molecule has 0 fully saturated rings. The highest BCUT2D eigenvalue weighted by atomic mass is 16.5. The number of para-hydroxylation sites is 1. The number of benzene rings is 2. The molecule has 0 aliphatic carbocycles. The summed E-state index contributed by atoms with van der Waals surface area (Å²) in [5.74, 6) is 1.06. The molecule has 2 aromatic carbocycles. The lowest BCUT2D eigenvalue weighted by Crippen LogP contribution is -2.09. The smallest absolute Gasteiger partial charge is 0.261 e. The van der Waals surface area contributed by atoms with Crippen LogP contribution in [0.2, 0.25) is 0 Å². The molecule has 0 saturated heterocycles. The van der Waals surface area contributed by atoms with Gasteiger partial charge in [0.2, 0.25) is 0 Å². The molecule has 25 heavy (non-hydrogen) atoms. The van der Waals surface area contributed by atoms with E-state index in [2.05, 4.69) is 10.1 Å². The fraction of sp³-hybridized carbons (Fsp3) is 0.158. The van der Waals surface area contributed by atoms with Crippen LogP contribution in [-0.2, 0) is 0 Å². The third-order valence-corrected chi connectivity index (χ3v) is 4.52. The Morgan fingerprint density at radius 3 is 2.68 bits per heavy atom. The number of fused-ring (bicyclic) bond motifs is 3. The first kappa shape index (κ1) is 15.3. The second-order valence-corrected chi connectivity index (χ2v) is 6.13. The Bertz CT molecular complexity index is 1190. The van der Waals surface area contributed by atoms with Crippen molar-refractivity contribution in [3.05, 3.63) is 57.9 Å². The summed E-state index contributed by atoms with van der Waals surface area (Å²) >= 11 is 0. The van der Waals surface area contributed by atoms with E-state index >= 15 is 0 Å². The Morgan fingerprint density at radius 1 is 1.16 bits per heavy atom. The van der Waals surface area contributed by atoms with Gasteiger partial charge in [-0.3, -0.25) is 4.79 Å². The van der Waals surface area contributed by atoms with Gasteiger partial charge in [0.15, 0.2) is 0 Å². The number of nitrogens with zero attached hydrogens (tertiary/aromatic N) is 2. The van der Waals surface area contributed by atoms with E-state index in [1.54, 1.807) is 11.8 Å². The topological polar surface area (TPSA) is 85.9 Å². The minimum absolute atomic E-state index is 0.242. The van der Waals surface area contributed by atoms with E-state index in [9.17, 15) is 4.79 Å². The minimum Gasteiger partial charge on any atom is -0.496 e. The largest absolute Gasteiger partial charge is 0.496 e. The van der Waals surface area contributed by atoms with Gasteiger partial charge in [-0.25, -0.2) is 4.68 Å². The van der Waals surface area contributed by atoms with E-state index in [1.807, 2.05) is 50.2 Å². The van der Waals surface area contributed by atoms with Gasteiger partial charge in [0, 0.05) is 11.5 Å². The SMILES string of the molecule is COc1cc(-n2nc3c(c2N)c(=O)[nH]c2ccccc23)c(C)cc1C. The van der Waals surface area contributed by atoms with E-state index in [0.717, 1.165) is 33.5 Å². The molecule has 2 heterocycles. The first-order valence-electron chi connectivity index (χ1n) is 7.96. The molecule has 0 bridgehead atoms. The average molecular weight is 334 g/mol. The Balaban J connectivity index is 2.11. The second-order valence-electron chi connectivity index (χ2n) is 6.13. The van der Waals surface area contributed by atoms with E-state index < -0.39 is 0 Å². The standard InChI is InChI=1S/C19H18N4O2/c1-10-8-11(2)15(25-3)9-14(10)23-18(20)16-17(22-23)12-6-4-5-7-13(12)21-19(16)24/h4-9H,20H2,1-3H3,(H,21,24). The fourth-order valence-electron chi connectivity index (χ4n) is 3.28. The Morgan fingerprint density at radius 2 is 1.92 bits per heavy atom. The number of nitrogens with two attached hydrogens (primary N) is 1. The zero-order valence-electron chi connectivity index (χ0n) is 14.3. The van der Waals surface area contributed by atoms with E-state index in [1.165, 1.54) is 0 Å². The summed E-state index contributed by atoms with van der Waals surface area (Å²) in [4.78, 5) is 15.4. The number of hydrogen-bond donors (Lipinski definition) is 2. The van der Waals surface area contributed by atoms with Crippen molar-refractivity contribution in [1.82, 2.24) is 14.8 Å². The molecule has 0 aliphatic rings. The molecular weight excluding hydrogens is 316 g/mol. The number of ether oxygens (including phenoxy) is 1. The highest BCUT2D eigenvalue weighted by Gasteiger charge is 2.18. The number of hydrogen-bond acceptors (Lipinski definition) is 4. The number of rotatable bonds is 2. The van der Waals surface area contributed by atoms with E-state index in [4.69, 9.17) is 10.5 Å². The highest BCUT2D eigenvalue weighted by molar-refractivity contribution is 6.06. The molecule has 6 nitrogen and oxygen atoms in total. The summed E-state index contributed by atoms with van der Waals surface area (Å²) in [5, 5.41) is 5.91. The molecule has 0 aliphatic heterocycles. The van der Waals surface area contributed by atoms with Crippen molar-refractivity contribution < 1.29 is 4.74 Å². The minimum atomic E-state index is -0.242. The van der Waals surface area contributed by atoms with Crippen molar-refractivity contribution in [3.63, 3.8) is 0 Å². The maximum absolute atomic E-state index is 12.5. The molecular formula is C19H18N4O2. The Kier molecular flexibility index (Phi) is 3.28. The van der Waals surface area contributed by atoms with Gasteiger partial charge in [0.1, 0.15) is 22.5 Å². The lowest BCUT2D eigenvalue weighted by atomic mass is 10.1. The van der Waals surface area contributed by atoms with Crippen molar-refractivity contribution in [2.24, 2.45) is 0 Å². The third kappa shape index (κ3) is 2.18. The summed E-state index contributed by atoms with van der Waals surface area (Å²) in [7, 11) is 1.63. The van der Waals surface area contributed by atoms with Crippen LogP contribution in [0.4, 0.5) is 5.82 Å². The van der Waals surface area contributed by atoms with E-state index in [-0.39, 0.29) is 5.56 Å². The van der Waals surface area contributed by atoms with Crippen LogP contribution in [0.5, 0.6) is 5.75 Å². The molecule has 0 spiro atoms. The van der Waals surface area contributed by atoms with Gasteiger partial charge in [0.25, 0.3) is 5.56 Å². The van der Waals surface area contributed by atoms with Crippen LogP contribution < -0.4 is 16.0 Å². The quantitative estimate of drug-likeness (QED) is 0.590. The monoisotopic (exact) mass is 334 g/mol. The van der Waals surface area contributed by atoms with Gasteiger partial charge in [-0.05, 0) is 31.0 Å². The normalized spacial score (nSPS) is 11.3. The molecule has 0 atom stereocenters. The molecule has 6 heteroatoms. The van der Waals surface area contributed by atoms with Gasteiger partial charge in [0.05, 0.1) is 18.3 Å². The van der Waals surface area contributed by atoms with Crippen LogP contribution in [0.15, 0.2) is 41.2 Å². The average Bonchev–Trinajstić information content (AvgIpc) is 2.93. The summed E-state index contributed by atoms with van der Waals surface area (Å²) in [6.45, 7) is 3.96. The Hall–Kier alpha value is -3.28. The van der Waals surface area contributed by atoms with Crippen molar-refractivity contribution in [3.8, 4) is 11.4 Å². The zero-order chi connectivity index (χ0) is 17.7. The molecule has 0 radical (unpaired) electrons. The molecule has 4 aromatic rings. The van der Waals surface area contributed by atoms with Crippen LogP contribution in [0, 0.1) is 13.8 Å². The Labute approximate surface area is 143 Å². The van der Waals surface area contributed by atoms with Crippen LogP contribution in [0.3, 0.4) is 0 Å². The molecule has 0 unspecified atom stereocenters. The number of aromatic amines is 1. The van der Waals surface area contributed by atoms with Gasteiger partial charge in [-0.1, -0.05) is 24.3 Å². The van der Waals surface area contributed by atoms with Crippen molar-refractivity contribution in [2.75, 3.05) is 12.8 Å².